The Hall–Kier alpha value is -4.16. The zero-order valence-electron chi connectivity index (χ0n) is 44.4. The molecule has 0 spiro atoms. The van der Waals surface area contributed by atoms with Gasteiger partial charge in [0, 0.05) is 0 Å². The summed E-state index contributed by atoms with van der Waals surface area (Å²) < 4.78 is 155. The monoisotopic (exact) mass is 1040 g/mol. The summed E-state index contributed by atoms with van der Waals surface area (Å²) >= 11 is 0. The van der Waals surface area contributed by atoms with Crippen molar-refractivity contribution >= 4 is 0 Å². The summed E-state index contributed by atoms with van der Waals surface area (Å²) in [4.78, 5) is 0. The lowest BCUT2D eigenvalue weighted by molar-refractivity contribution is -0.261. The Bertz CT molecular complexity index is 2290. The van der Waals surface area contributed by atoms with Crippen molar-refractivity contribution in [2.24, 2.45) is 0 Å². The molecule has 4 rings (SSSR count). The Morgan fingerprint density at radius 2 is 0.528 bits per heavy atom. The van der Waals surface area contributed by atoms with Crippen LogP contribution >= 0.6 is 0 Å². The molecule has 0 saturated heterocycles. The molecule has 4 atom stereocenters. The Kier molecular flexibility index (Phi) is 19.7. The van der Waals surface area contributed by atoms with E-state index in [-0.39, 0.29) is 27.5 Å². The van der Waals surface area contributed by atoms with Crippen molar-refractivity contribution in [3.63, 3.8) is 0 Å². The number of rotatable bonds is 5. The first-order valence-electron chi connectivity index (χ1n) is 22.8. The second-order valence-corrected chi connectivity index (χ2v) is 23.3. The third-order valence-corrected chi connectivity index (χ3v) is 12.1. The van der Waals surface area contributed by atoms with Gasteiger partial charge in [-0.05, 0) is 119 Å². The van der Waals surface area contributed by atoms with E-state index in [1.165, 1.54) is 35.9 Å². The molecule has 0 amide bonds. The van der Waals surface area contributed by atoms with Crippen LogP contribution in [0.3, 0.4) is 0 Å². The van der Waals surface area contributed by atoms with Crippen LogP contribution < -0.4 is 0 Å². The van der Waals surface area contributed by atoms with E-state index in [0.29, 0.717) is 25.5 Å². The van der Waals surface area contributed by atoms with Gasteiger partial charge in [0.1, 0.15) is 0 Å². The summed E-state index contributed by atoms with van der Waals surface area (Å²) in [5, 5.41) is 48.7. The van der Waals surface area contributed by atoms with Crippen molar-refractivity contribution in [2.45, 2.75) is 199 Å². The molecule has 0 bridgehead atoms. The van der Waals surface area contributed by atoms with Crippen LogP contribution in [0, 0.1) is 0 Å². The molecular formula is C55H74F12O5. The van der Waals surface area contributed by atoms with Crippen LogP contribution in [0.4, 0.5) is 52.7 Å². The van der Waals surface area contributed by atoms with Gasteiger partial charge in [-0.15, -0.1) is 0 Å². The summed E-state index contributed by atoms with van der Waals surface area (Å²) in [5.41, 5.74) is -12.5. The molecule has 5 N–H and O–H groups in total. The molecule has 0 saturated carbocycles. The number of aliphatic hydroxyl groups is 5. The number of hydrogen-bond acceptors (Lipinski definition) is 5. The van der Waals surface area contributed by atoms with E-state index in [2.05, 4.69) is 32.9 Å². The molecule has 0 aliphatic heterocycles. The highest BCUT2D eigenvalue weighted by Gasteiger charge is 2.55. The topological polar surface area (TPSA) is 101 Å². The molecule has 4 aromatic carbocycles. The van der Waals surface area contributed by atoms with Crippen LogP contribution in [0.25, 0.3) is 0 Å². The van der Waals surface area contributed by atoms with Crippen LogP contribution in [0.2, 0.25) is 0 Å². The fourth-order valence-electron chi connectivity index (χ4n) is 6.49. The highest BCUT2D eigenvalue weighted by molar-refractivity contribution is 5.41. The Morgan fingerprint density at radius 1 is 0.250 bits per heavy atom. The Morgan fingerprint density at radius 3 is 0.833 bits per heavy atom. The molecule has 0 aliphatic rings. The van der Waals surface area contributed by atoms with E-state index in [4.69, 9.17) is 0 Å². The van der Waals surface area contributed by atoms with Gasteiger partial charge in [0.05, 0.1) is 5.60 Å². The molecule has 4 aromatic rings. The van der Waals surface area contributed by atoms with Crippen molar-refractivity contribution in [3.05, 3.63) is 141 Å². The van der Waals surface area contributed by atoms with Gasteiger partial charge in [0.15, 0.2) is 22.4 Å². The van der Waals surface area contributed by atoms with E-state index in [9.17, 15) is 78.2 Å². The third kappa shape index (κ3) is 16.7. The van der Waals surface area contributed by atoms with E-state index in [1.54, 1.807) is 52.8 Å². The second kappa shape index (κ2) is 21.6. The predicted molar refractivity (Wildman–Crippen MR) is 258 cm³/mol. The zero-order valence-corrected chi connectivity index (χ0v) is 44.4. The molecular weight excluding hydrogens is 969 g/mol. The minimum Gasteiger partial charge on any atom is -0.386 e. The molecule has 0 heterocycles. The minimum absolute atomic E-state index is 0.0833. The lowest BCUT2D eigenvalue weighted by atomic mass is 9.78. The maximum absolute atomic E-state index is 13.1. The van der Waals surface area contributed by atoms with Gasteiger partial charge in [-0.3, -0.25) is 0 Å². The molecule has 4 unspecified atom stereocenters. The van der Waals surface area contributed by atoms with Gasteiger partial charge in [-0.25, -0.2) is 0 Å². The normalized spacial score (nSPS) is 16.7. The SMILES string of the molecule is CC(C)(C)c1cc(C(C)(O)C(F)(F)F)cc(C(C)(O)C(F)(F)F)c1.CC(C)(C)c1ccc(C(C)(C)O)cc1.CC(C)(C)c1cccc(C(C)(O)C(F)(F)F)c1.CC(C)(C)c1ccccc1C(C)(O)C(F)(F)F. The molecule has 0 fully saturated rings. The van der Waals surface area contributed by atoms with Gasteiger partial charge in [0.25, 0.3) is 0 Å². The van der Waals surface area contributed by atoms with Crippen molar-refractivity contribution < 1.29 is 78.2 Å². The highest BCUT2D eigenvalue weighted by Crippen LogP contribution is 2.46. The van der Waals surface area contributed by atoms with E-state index >= 15 is 0 Å². The van der Waals surface area contributed by atoms with Gasteiger partial charge >= 0.3 is 24.7 Å². The molecule has 17 heteroatoms. The first-order chi connectivity index (χ1) is 31.5. The van der Waals surface area contributed by atoms with Crippen LogP contribution in [0.15, 0.2) is 91.0 Å². The molecule has 5 nitrogen and oxygen atoms in total. The number of hydrogen-bond donors (Lipinski definition) is 5. The molecule has 0 aromatic heterocycles. The van der Waals surface area contributed by atoms with Gasteiger partial charge in [0.2, 0.25) is 0 Å². The number of alkyl halides is 12. The first-order valence-corrected chi connectivity index (χ1v) is 22.8. The number of halogens is 12. The molecule has 0 radical (unpaired) electrons. The summed E-state index contributed by atoms with van der Waals surface area (Å²) in [6.45, 7) is 28.6. The zero-order chi connectivity index (χ0) is 57.3. The quantitative estimate of drug-likeness (QED) is 0.128. The van der Waals surface area contributed by atoms with Crippen LogP contribution in [-0.2, 0) is 49.7 Å². The summed E-state index contributed by atoms with van der Waals surface area (Å²) in [6, 6.07) is 22.9. The highest BCUT2D eigenvalue weighted by atomic mass is 19.4. The Labute approximate surface area is 417 Å². The van der Waals surface area contributed by atoms with E-state index in [1.807, 2.05) is 53.7 Å². The maximum atomic E-state index is 13.1. The number of benzene rings is 4. The van der Waals surface area contributed by atoms with E-state index in [0.717, 1.165) is 37.1 Å². The fraction of sp³-hybridized carbons (Fsp3) is 0.564. The lowest BCUT2D eigenvalue weighted by Crippen LogP contribution is -2.42. The van der Waals surface area contributed by atoms with Crippen molar-refractivity contribution in [1.82, 2.24) is 0 Å². The van der Waals surface area contributed by atoms with Gasteiger partial charge in [-0.2, -0.15) is 52.7 Å². The second-order valence-electron chi connectivity index (χ2n) is 23.3. The van der Waals surface area contributed by atoms with Gasteiger partial charge < -0.3 is 25.5 Å². The fourth-order valence-corrected chi connectivity index (χ4v) is 6.49. The summed E-state index contributed by atoms with van der Waals surface area (Å²) in [5.74, 6) is 0. The maximum Gasteiger partial charge on any atom is 0.421 e. The van der Waals surface area contributed by atoms with Crippen LogP contribution in [-0.4, -0.2) is 50.2 Å². The first kappa shape index (κ1) is 65.9. The third-order valence-electron chi connectivity index (χ3n) is 12.1. The van der Waals surface area contributed by atoms with Crippen molar-refractivity contribution in [2.75, 3.05) is 0 Å². The van der Waals surface area contributed by atoms with Crippen LogP contribution in [0.1, 0.15) is 175 Å². The van der Waals surface area contributed by atoms with Gasteiger partial charge in [-0.1, -0.05) is 168 Å². The average Bonchev–Trinajstić information content (AvgIpc) is 3.18. The van der Waals surface area contributed by atoms with E-state index < -0.39 is 74.7 Å². The van der Waals surface area contributed by atoms with Crippen molar-refractivity contribution in [1.29, 1.82) is 0 Å². The summed E-state index contributed by atoms with van der Waals surface area (Å²) in [7, 11) is 0. The summed E-state index contributed by atoms with van der Waals surface area (Å²) in [6.07, 6.45) is -19.5. The van der Waals surface area contributed by atoms with Crippen molar-refractivity contribution in [3.8, 4) is 0 Å². The predicted octanol–water partition coefficient (Wildman–Crippen LogP) is 15.2. The largest absolute Gasteiger partial charge is 0.421 e. The van der Waals surface area contributed by atoms with Crippen LogP contribution in [0.5, 0.6) is 0 Å². The molecule has 0 aliphatic carbocycles. The Balaban J connectivity index is 0.000000489. The smallest absolute Gasteiger partial charge is 0.386 e. The average molecular weight is 1040 g/mol. The standard InChI is InChI=1S/C16H20F6O2.2C13H17F3O.C13H20O/c1-12(2,3)9-6-10(13(4,23)15(17,18)19)8-11(7-9)14(5,24)16(20,21)22;1-11(2,3)9-6-5-7-10(8-9)12(4,17)13(14,15)16;1-11(2,3)9-7-5-6-8-10(9)12(4,17)13(14,15)16;1-12(2,3)10-6-8-11(9-7-10)13(4,5)14/h6-8,23-24H,1-5H3;2*5-8,17H,1-4H3;6-9,14H,1-5H3. The minimum atomic E-state index is -5.09. The molecule has 408 valence electrons. The molecule has 72 heavy (non-hydrogen) atoms. The lowest BCUT2D eigenvalue weighted by Gasteiger charge is -2.33.